The summed E-state index contributed by atoms with van der Waals surface area (Å²) in [5.74, 6) is -0.484. The van der Waals surface area contributed by atoms with E-state index in [0.29, 0.717) is 12.1 Å². The van der Waals surface area contributed by atoms with E-state index in [0.717, 1.165) is 36.1 Å². The lowest BCUT2D eigenvalue weighted by molar-refractivity contribution is -0.124. The van der Waals surface area contributed by atoms with Gasteiger partial charge in [0, 0.05) is 31.0 Å². The normalized spacial score (nSPS) is 19.1. The molecule has 2 aliphatic rings. The molecule has 1 aromatic carbocycles. The standard InChI is InChI=1S/C24H29N3O2.C4H8.C2H6/c1-16-14-18(15-26-16)22-21(19-10-6-7-11-20(19)24(29)27(22)2)23(28)25-13-12-17-8-4-3-5-9-17;1-3-4-2;1-2/h6-8,10-11,14-15,21-22,26H,3-5,9,12-13H2,1-2H3,(H,25,28);3-4H,1-2H3;1-2H3/b;4-3-;. The van der Waals surface area contributed by atoms with Crippen molar-refractivity contribution in [1.29, 1.82) is 0 Å². The summed E-state index contributed by atoms with van der Waals surface area (Å²) in [6, 6.07) is 9.20. The number of fused-ring (bicyclic) bond motifs is 1. The van der Waals surface area contributed by atoms with Crippen molar-refractivity contribution in [1.82, 2.24) is 15.2 Å². The van der Waals surface area contributed by atoms with Gasteiger partial charge in [-0.2, -0.15) is 0 Å². The molecule has 0 saturated heterocycles. The van der Waals surface area contributed by atoms with Crippen LogP contribution in [0.1, 0.15) is 98.9 Å². The number of aromatic nitrogens is 1. The zero-order chi connectivity index (χ0) is 25.8. The summed E-state index contributed by atoms with van der Waals surface area (Å²) in [5.41, 5.74) is 4.86. The van der Waals surface area contributed by atoms with E-state index >= 15 is 0 Å². The number of allylic oxidation sites excluding steroid dienone is 3. The van der Waals surface area contributed by atoms with Gasteiger partial charge in [0.25, 0.3) is 5.91 Å². The molecule has 1 aliphatic carbocycles. The van der Waals surface area contributed by atoms with Crippen LogP contribution in [0.25, 0.3) is 0 Å². The van der Waals surface area contributed by atoms with Crippen LogP contribution in [-0.2, 0) is 4.79 Å². The molecule has 0 spiro atoms. The second kappa shape index (κ2) is 14.3. The molecule has 4 rings (SSSR count). The van der Waals surface area contributed by atoms with E-state index in [1.165, 1.54) is 18.4 Å². The van der Waals surface area contributed by atoms with Crippen molar-refractivity contribution in [3.63, 3.8) is 0 Å². The van der Waals surface area contributed by atoms with Crippen LogP contribution in [-0.4, -0.2) is 35.3 Å². The Morgan fingerprint density at radius 3 is 2.49 bits per heavy atom. The Morgan fingerprint density at radius 2 is 1.89 bits per heavy atom. The second-order valence-electron chi connectivity index (χ2n) is 8.86. The molecular formula is C30H43N3O2. The lowest BCUT2D eigenvalue weighted by atomic mass is 9.80. The Morgan fingerprint density at radius 1 is 1.17 bits per heavy atom. The van der Waals surface area contributed by atoms with Gasteiger partial charge in [-0.1, -0.05) is 55.8 Å². The number of hydrogen-bond donors (Lipinski definition) is 2. The average molecular weight is 478 g/mol. The number of carbonyl (C=O) groups excluding carboxylic acids is 2. The maximum atomic E-state index is 13.4. The van der Waals surface area contributed by atoms with Crippen LogP contribution in [0, 0.1) is 6.92 Å². The molecule has 5 heteroatoms. The average Bonchev–Trinajstić information content (AvgIpc) is 3.33. The molecular weight excluding hydrogens is 434 g/mol. The van der Waals surface area contributed by atoms with Crippen molar-refractivity contribution in [3.8, 4) is 0 Å². The third-order valence-corrected chi connectivity index (χ3v) is 6.52. The molecule has 5 nitrogen and oxygen atoms in total. The van der Waals surface area contributed by atoms with Crippen molar-refractivity contribution in [2.24, 2.45) is 0 Å². The van der Waals surface area contributed by atoms with Gasteiger partial charge in [-0.3, -0.25) is 9.59 Å². The minimum absolute atomic E-state index is 0.0166. The lowest BCUT2D eigenvalue weighted by Gasteiger charge is -2.39. The molecule has 0 bridgehead atoms. The summed E-state index contributed by atoms with van der Waals surface area (Å²) in [5, 5.41) is 3.15. The Hall–Kier alpha value is -3.08. The number of aryl methyl sites for hydroxylation is 1. The molecule has 2 unspecified atom stereocenters. The number of benzene rings is 1. The van der Waals surface area contributed by atoms with Gasteiger partial charge in [-0.15, -0.1) is 0 Å². The highest BCUT2D eigenvalue weighted by Crippen LogP contribution is 2.42. The molecule has 2 amide bonds. The molecule has 35 heavy (non-hydrogen) atoms. The summed E-state index contributed by atoms with van der Waals surface area (Å²) in [6.45, 7) is 10.6. The molecule has 1 aliphatic heterocycles. The van der Waals surface area contributed by atoms with Crippen molar-refractivity contribution < 1.29 is 9.59 Å². The van der Waals surface area contributed by atoms with Crippen LogP contribution in [0.4, 0.5) is 0 Å². The third-order valence-electron chi connectivity index (χ3n) is 6.52. The fourth-order valence-corrected chi connectivity index (χ4v) is 4.66. The van der Waals surface area contributed by atoms with Gasteiger partial charge in [0.1, 0.15) is 0 Å². The smallest absolute Gasteiger partial charge is 0.254 e. The Labute approximate surface area is 211 Å². The maximum Gasteiger partial charge on any atom is 0.254 e. The number of carbonyl (C=O) groups is 2. The third kappa shape index (κ3) is 7.20. The highest BCUT2D eigenvalue weighted by Gasteiger charge is 2.42. The highest BCUT2D eigenvalue weighted by molar-refractivity contribution is 6.01. The number of nitrogens with one attached hydrogen (secondary N) is 2. The predicted octanol–water partition coefficient (Wildman–Crippen LogP) is 6.85. The SMILES string of the molecule is C/C=C\C.CC.Cc1cc(C2C(C(=O)NCCC3=CCCCC3)c3ccccc3C(=O)N2C)c[nH]1. The zero-order valence-electron chi connectivity index (χ0n) is 22.4. The van der Waals surface area contributed by atoms with Gasteiger partial charge in [0.2, 0.25) is 5.91 Å². The second-order valence-corrected chi connectivity index (χ2v) is 8.86. The van der Waals surface area contributed by atoms with Gasteiger partial charge >= 0.3 is 0 Å². The van der Waals surface area contributed by atoms with E-state index in [1.54, 1.807) is 11.9 Å². The number of hydrogen-bond acceptors (Lipinski definition) is 2. The molecule has 2 atom stereocenters. The molecule has 0 fully saturated rings. The van der Waals surface area contributed by atoms with Crippen LogP contribution in [0.5, 0.6) is 0 Å². The number of likely N-dealkylation sites (N-methyl/N-ethyl adjacent to an activating group) is 1. The van der Waals surface area contributed by atoms with Crippen molar-refractivity contribution >= 4 is 11.8 Å². The topological polar surface area (TPSA) is 65.2 Å². The van der Waals surface area contributed by atoms with Crippen LogP contribution in [0.2, 0.25) is 0 Å². The number of rotatable bonds is 5. The number of H-pyrrole nitrogens is 1. The fourth-order valence-electron chi connectivity index (χ4n) is 4.66. The number of aromatic amines is 1. The molecule has 1 aromatic heterocycles. The van der Waals surface area contributed by atoms with E-state index in [4.69, 9.17) is 0 Å². The van der Waals surface area contributed by atoms with Crippen molar-refractivity contribution in [2.75, 3.05) is 13.6 Å². The molecule has 0 saturated carbocycles. The maximum absolute atomic E-state index is 13.4. The van der Waals surface area contributed by atoms with Gasteiger partial charge in [-0.05, 0) is 76.1 Å². The van der Waals surface area contributed by atoms with Crippen molar-refractivity contribution in [2.45, 2.75) is 78.7 Å². The first-order valence-electron chi connectivity index (χ1n) is 13.0. The summed E-state index contributed by atoms with van der Waals surface area (Å²) in [4.78, 5) is 31.2. The first-order valence-corrected chi connectivity index (χ1v) is 13.0. The van der Waals surface area contributed by atoms with Crippen LogP contribution >= 0.6 is 0 Å². The molecule has 190 valence electrons. The lowest BCUT2D eigenvalue weighted by Crippen LogP contribution is -2.45. The van der Waals surface area contributed by atoms with E-state index in [2.05, 4.69) is 16.4 Å². The molecule has 2 heterocycles. The van der Waals surface area contributed by atoms with Crippen molar-refractivity contribution in [3.05, 3.63) is 82.7 Å². The fraction of sp³-hybridized carbons (Fsp3) is 0.467. The van der Waals surface area contributed by atoms with E-state index in [1.807, 2.05) is 83.3 Å². The first-order chi connectivity index (χ1) is 17.0. The first kappa shape index (κ1) is 28.2. The minimum Gasteiger partial charge on any atom is -0.365 e. The number of amides is 2. The molecule has 0 radical (unpaired) electrons. The van der Waals surface area contributed by atoms with Crippen LogP contribution in [0.3, 0.4) is 0 Å². The molecule has 2 aromatic rings. The zero-order valence-corrected chi connectivity index (χ0v) is 22.4. The summed E-state index contributed by atoms with van der Waals surface area (Å²) < 4.78 is 0. The van der Waals surface area contributed by atoms with Gasteiger partial charge in [-0.25, -0.2) is 0 Å². The van der Waals surface area contributed by atoms with Crippen LogP contribution < -0.4 is 5.32 Å². The Balaban J connectivity index is 0.000000655. The van der Waals surface area contributed by atoms with Gasteiger partial charge in [0.05, 0.1) is 12.0 Å². The Bertz CT molecular complexity index is 1010. The quantitative estimate of drug-likeness (QED) is 0.463. The largest absolute Gasteiger partial charge is 0.365 e. The molecule has 2 N–H and O–H groups in total. The summed E-state index contributed by atoms with van der Waals surface area (Å²) in [6.07, 6.45) is 14.0. The predicted molar refractivity (Wildman–Crippen MR) is 146 cm³/mol. The number of nitrogens with zero attached hydrogens (tertiary/aromatic N) is 1. The Kier molecular flexibility index (Phi) is 11.5. The summed E-state index contributed by atoms with van der Waals surface area (Å²) >= 11 is 0. The van der Waals surface area contributed by atoms with E-state index in [9.17, 15) is 9.59 Å². The monoisotopic (exact) mass is 477 g/mol. The minimum atomic E-state index is -0.426. The van der Waals surface area contributed by atoms with Crippen LogP contribution in [0.15, 0.2) is 60.3 Å². The van der Waals surface area contributed by atoms with Gasteiger partial charge < -0.3 is 15.2 Å². The highest BCUT2D eigenvalue weighted by atomic mass is 16.2. The van der Waals surface area contributed by atoms with E-state index in [-0.39, 0.29) is 17.9 Å². The van der Waals surface area contributed by atoms with E-state index < -0.39 is 5.92 Å². The summed E-state index contributed by atoms with van der Waals surface area (Å²) in [7, 11) is 1.79. The van der Waals surface area contributed by atoms with Gasteiger partial charge in [0.15, 0.2) is 0 Å².